The van der Waals surface area contributed by atoms with Crippen LogP contribution in [0.25, 0.3) is 11.1 Å². The highest BCUT2D eigenvalue weighted by Crippen LogP contribution is 2.33. The molecule has 1 aliphatic carbocycles. The van der Waals surface area contributed by atoms with Crippen molar-refractivity contribution in [3.8, 4) is 11.1 Å². The van der Waals surface area contributed by atoms with E-state index in [0.29, 0.717) is 16.0 Å². The molecule has 6 heteroatoms. The molecule has 0 spiro atoms. The molecule has 3 nitrogen and oxygen atoms in total. The molecule has 1 aliphatic rings. The Morgan fingerprint density at radius 1 is 1.04 bits per heavy atom. The van der Waals surface area contributed by atoms with Gasteiger partial charge in [-0.1, -0.05) is 12.1 Å². The Labute approximate surface area is 161 Å². The third kappa shape index (κ3) is 5.00. The molecule has 0 aromatic heterocycles. The van der Waals surface area contributed by atoms with Crippen LogP contribution < -0.4 is 4.72 Å². The average molecular weight is 393 g/mol. The average Bonchev–Trinajstić information content (AvgIpc) is 2.61. The van der Waals surface area contributed by atoms with Crippen molar-refractivity contribution >= 4 is 11.0 Å². The summed E-state index contributed by atoms with van der Waals surface area (Å²) in [6.07, 6.45) is 3.56. The van der Waals surface area contributed by atoms with Crippen LogP contribution in [0.1, 0.15) is 39.5 Å². The minimum atomic E-state index is -1.35. The Morgan fingerprint density at radius 3 is 2.22 bits per heavy atom. The lowest BCUT2D eigenvalue weighted by Crippen LogP contribution is -2.40. The fourth-order valence-electron chi connectivity index (χ4n) is 3.62. The monoisotopic (exact) mass is 393 g/mol. The van der Waals surface area contributed by atoms with E-state index in [-0.39, 0.29) is 12.0 Å². The zero-order valence-electron chi connectivity index (χ0n) is 15.5. The summed E-state index contributed by atoms with van der Waals surface area (Å²) in [6.45, 7) is 3.68. The van der Waals surface area contributed by atoms with E-state index in [4.69, 9.17) is 0 Å². The van der Waals surface area contributed by atoms with Crippen molar-refractivity contribution in [1.29, 1.82) is 0 Å². The topological polar surface area (TPSA) is 49.3 Å². The molecule has 0 heterocycles. The van der Waals surface area contributed by atoms with Gasteiger partial charge in [-0.05, 0) is 75.3 Å². The van der Waals surface area contributed by atoms with E-state index < -0.39 is 28.2 Å². The van der Waals surface area contributed by atoms with Gasteiger partial charge in [0, 0.05) is 17.7 Å². The van der Waals surface area contributed by atoms with Gasteiger partial charge in [0.1, 0.15) is 22.6 Å². The first-order valence-electron chi connectivity index (χ1n) is 9.20. The molecule has 0 aliphatic heterocycles. The van der Waals surface area contributed by atoms with Crippen LogP contribution in [-0.4, -0.2) is 21.0 Å². The van der Waals surface area contributed by atoms with Crippen LogP contribution in [-0.2, 0) is 11.0 Å². The number of rotatable bonds is 5. The normalized spacial score (nSPS) is 21.8. The van der Waals surface area contributed by atoms with E-state index in [2.05, 4.69) is 4.72 Å². The van der Waals surface area contributed by atoms with E-state index >= 15 is 0 Å². The summed E-state index contributed by atoms with van der Waals surface area (Å²) in [4.78, 5) is 0.617. The molecule has 2 aromatic rings. The smallest absolute Gasteiger partial charge is 0.133 e. The van der Waals surface area contributed by atoms with Crippen LogP contribution in [0.3, 0.4) is 0 Å². The Morgan fingerprint density at radius 2 is 1.67 bits per heavy atom. The highest BCUT2D eigenvalue weighted by Gasteiger charge is 2.31. The van der Waals surface area contributed by atoms with Gasteiger partial charge in [0.25, 0.3) is 0 Å². The molecule has 0 amide bonds. The van der Waals surface area contributed by atoms with Gasteiger partial charge >= 0.3 is 0 Å². The van der Waals surface area contributed by atoms with Crippen molar-refractivity contribution in [2.45, 2.75) is 56.1 Å². The second-order valence-electron chi connectivity index (χ2n) is 7.74. The van der Waals surface area contributed by atoms with Gasteiger partial charge < -0.3 is 5.11 Å². The van der Waals surface area contributed by atoms with Crippen LogP contribution >= 0.6 is 0 Å². The van der Waals surface area contributed by atoms with Gasteiger partial charge in [-0.25, -0.2) is 17.7 Å². The van der Waals surface area contributed by atoms with Gasteiger partial charge in [0.15, 0.2) is 0 Å². The van der Waals surface area contributed by atoms with Crippen LogP contribution in [0.15, 0.2) is 47.4 Å². The molecule has 146 valence electrons. The van der Waals surface area contributed by atoms with Crippen LogP contribution in [0.5, 0.6) is 0 Å². The minimum absolute atomic E-state index is 0.152. The van der Waals surface area contributed by atoms with Gasteiger partial charge in [-0.15, -0.1) is 0 Å². The lowest BCUT2D eigenvalue weighted by Gasteiger charge is -2.35. The number of aliphatic hydroxyl groups is 1. The number of benzene rings is 2. The van der Waals surface area contributed by atoms with Crippen molar-refractivity contribution in [3.63, 3.8) is 0 Å². The predicted octanol–water partition coefficient (Wildman–Crippen LogP) is 4.57. The van der Waals surface area contributed by atoms with E-state index in [9.17, 15) is 18.1 Å². The molecule has 1 unspecified atom stereocenters. The van der Waals surface area contributed by atoms with Crippen molar-refractivity contribution in [3.05, 3.63) is 54.1 Å². The Hall–Kier alpha value is -1.63. The number of hydrogen-bond donors (Lipinski definition) is 2. The van der Waals surface area contributed by atoms with Gasteiger partial charge in [-0.2, -0.15) is 0 Å². The molecule has 2 N–H and O–H groups in total. The van der Waals surface area contributed by atoms with E-state index in [1.54, 1.807) is 24.3 Å². The largest absolute Gasteiger partial charge is 0.390 e. The standard InChI is InChI=1S/C21H25F2NO2S/c1-21(2,25)15-5-8-17(9-6-15)24-27(26)18-10-3-14(4-11-18)19-12-7-16(22)13-20(19)23/h3-4,7,10-13,15,17,24-25H,5-6,8-9H2,1-2H3. The zero-order valence-corrected chi connectivity index (χ0v) is 16.4. The molecule has 1 fully saturated rings. The summed E-state index contributed by atoms with van der Waals surface area (Å²) < 4.78 is 42.7. The Balaban J connectivity index is 1.61. The maximum atomic E-state index is 13.9. The van der Waals surface area contributed by atoms with E-state index in [1.807, 2.05) is 13.8 Å². The molecule has 1 saturated carbocycles. The first-order valence-corrected chi connectivity index (χ1v) is 10.3. The van der Waals surface area contributed by atoms with E-state index in [1.165, 1.54) is 12.1 Å². The van der Waals surface area contributed by atoms with Crippen LogP contribution in [0, 0.1) is 17.6 Å². The summed E-state index contributed by atoms with van der Waals surface area (Å²) in [6, 6.07) is 10.4. The van der Waals surface area contributed by atoms with Gasteiger partial charge in [-0.3, -0.25) is 0 Å². The Kier molecular flexibility index (Phi) is 6.08. The Bertz CT molecular complexity index is 810. The molecule has 0 bridgehead atoms. The molecular weight excluding hydrogens is 368 g/mol. The molecule has 2 aromatic carbocycles. The summed E-state index contributed by atoms with van der Waals surface area (Å²) in [5, 5.41) is 10.1. The van der Waals surface area contributed by atoms with Crippen molar-refractivity contribution in [2.75, 3.05) is 0 Å². The molecule has 1 atom stereocenters. The maximum Gasteiger partial charge on any atom is 0.133 e. The minimum Gasteiger partial charge on any atom is -0.390 e. The number of nitrogens with one attached hydrogen (secondary N) is 1. The summed E-state index contributed by atoms with van der Waals surface area (Å²) >= 11 is 0. The quantitative estimate of drug-likeness (QED) is 0.782. The first-order chi connectivity index (χ1) is 12.7. The van der Waals surface area contributed by atoms with Gasteiger partial charge in [0.05, 0.1) is 10.5 Å². The predicted molar refractivity (Wildman–Crippen MR) is 103 cm³/mol. The second-order valence-corrected chi connectivity index (χ2v) is 8.98. The summed E-state index contributed by atoms with van der Waals surface area (Å²) in [5.74, 6) is -0.961. The fraction of sp³-hybridized carbons (Fsp3) is 0.429. The molecule has 3 rings (SSSR count). The third-order valence-electron chi connectivity index (χ3n) is 5.31. The van der Waals surface area contributed by atoms with Gasteiger partial charge in [0.2, 0.25) is 0 Å². The first kappa shape index (κ1) is 20.1. The molecular formula is C21H25F2NO2S. The third-order valence-corrected chi connectivity index (χ3v) is 6.56. The molecule has 27 heavy (non-hydrogen) atoms. The second kappa shape index (κ2) is 8.17. The summed E-state index contributed by atoms with van der Waals surface area (Å²) in [5.41, 5.74) is 0.251. The molecule has 0 radical (unpaired) electrons. The molecule has 0 saturated heterocycles. The lowest BCUT2D eigenvalue weighted by molar-refractivity contribution is -0.00178. The lowest BCUT2D eigenvalue weighted by atomic mass is 9.77. The highest BCUT2D eigenvalue weighted by molar-refractivity contribution is 7.83. The fourth-order valence-corrected chi connectivity index (χ4v) is 4.68. The van der Waals surface area contributed by atoms with Crippen LogP contribution in [0.2, 0.25) is 0 Å². The highest BCUT2D eigenvalue weighted by atomic mass is 32.2. The van der Waals surface area contributed by atoms with Crippen LogP contribution in [0.4, 0.5) is 8.78 Å². The van der Waals surface area contributed by atoms with Crippen molar-refractivity contribution < 1.29 is 18.1 Å². The maximum absolute atomic E-state index is 13.9. The van der Waals surface area contributed by atoms with Crippen molar-refractivity contribution in [1.82, 2.24) is 4.72 Å². The summed E-state index contributed by atoms with van der Waals surface area (Å²) in [7, 11) is -1.35. The number of hydrogen-bond acceptors (Lipinski definition) is 2. The van der Waals surface area contributed by atoms with Crippen molar-refractivity contribution in [2.24, 2.45) is 5.92 Å². The zero-order chi connectivity index (χ0) is 19.6. The van der Waals surface area contributed by atoms with E-state index in [0.717, 1.165) is 31.7 Å². The number of halogens is 2. The SMILES string of the molecule is CC(C)(O)C1CCC(NS(=O)c2ccc(-c3ccc(F)cc3F)cc2)CC1.